The quantitative estimate of drug-likeness (QED) is 0.854. The van der Waals surface area contributed by atoms with E-state index in [-0.39, 0.29) is 5.56 Å². The molecule has 1 unspecified atom stereocenters. The van der Waals surface area contributed by atoms with E-state index in [0.29, 0.717) is 6.42 Å². The van der Waals surface area contributed by atoms with Crippen molar-refractivity contribution >= 4 is 0 Å². The van der Waals surface area contributed by atoms with Crippen molar-refractivity contribution in [2.45, 2.75) is 18.9 Å². The van der Waals surface area contributed by atoms with Crippen LogP contribution >= 0.6 is 0 Å². The zero-order valence-electron chi connectivity index (χ0n) is 10.9. The normalized spacial score (nSPS) is 18.5. The first kappa shape index (κ1) is 14.4. The van der Waals surface area contributed by atoms with Gasteiger partial charge in [-0.25, -0.2) is 8.78 Å². The summed E-state index contributed by atoms with van der Waals surface area (Å²) in [5.41, 5.74) is 0.182. The summed E-state index contributed by atoms with van der Waals surface area (Å²) in [7, 11) is 0. The molecule has 1 aromatic carbocycles. The molecule has 1 aliphatic heterocycles. The van der Waals surface area contributed by atoms with Crippen LogP contribution in [0.2, 0.25) is 0 Å². The highest BCUT2D eigenvalue weighted by Gasteiger charge is 2.14. The molecule has 0 radical (unpaired) electrons. The molecule has 1 atom stereocenters. The van der Waals surface area contributed by atoms with Gasteiger partial charge < -0.3 is 15.3 Å². The summed E-state index contributed by atoms with van der Waals surface area (Å²) in [4.78, 5) is 2.32. The first-order valence-corrected chi connectivity index (χ1v) is 6.73. The number of hydrogen-bond donors (Lipinski definition) is 2. The maximum atomic E-state index is 13.5. The molecule has 2 N–H and O–H groups in total. The predicted octanol–water partition coefficient (Wildman–Crippen LogP) is 1.68. The Morgan fingerprint density at radius 2 is 2.00 bits per heavy atom. The molecule has 0 saturated carbocycles. The lowest BCUT2D eigenvalue weighted by molar-refractivity contribution is 0.148. The van der Waals surface area contributed by atoms with Crippen LogP contribution in [0, 0.1) is 11.6 Å². The van der Waals surface area contributed by atoms with E-state index in [4.69, 9.17) is 0 Å². The Morgan fingerprint density at radius 3 is 2.68 bits per heavy atom. The molecule has 0 aromatic heterocycles. The third kappa shape index (κ3) is 4.23. The van der Waals surface area contributed by atoms with Gasteiger partial charge in [-0.3, -0.25) is 0 Å². The minimum Gasteiger partial charge on any atom is -0.388 e. The fraction of sp³-hybridized carbons (Fsp3) is 0.571. The molecule has 5 heteroatoms. The van der Waals surface area contributed by atoms with E-state index in [1.807, 2.05) is 0 Å². The highest BCUT2D eigenvalue weighted by atomic mass is 19.1. The van der Waals surface area contributed by atoms with Crippen LogP contribution in [0.5, 0.6) is 0 Å². The number of aliphatic hydroxyl groups excluding tert-OH is 1. The molecular weight excluding hydrogens is 250 g/mol. The van der Waals surface area contributed by atoms with Gasteiger partial charge >= 0.3 is 0 Å². The summed E-state index contributed by atoms with van der Waals surface area (Å²) in [6, 6.07) is 3.31. The van der Waals surface area contributed by atoms with Gasteiger partial charge in [-0.05, 0) is 25.5 Å². The minimum absolute atomic E-state index is 0.182. The van der Waals surface area contributed by atoms with Crippen LogP contribution in [0.1, 0.15) is 24.5 Å². The summed E-state index contributed by atoms with van der Waals surface area (Å²) in [5.74, 6) is -1.29. The van der Waals surface area contributed by atoms with Crippen molar-refractivity contribution in [1.82, 2.24) is 10.2 Å². The van der Waals surface area contributed by atoms with Crippen molar-refractivity contribution in [3.05, 3.63) is 35.4 Å². The fourth-order valence-electron chi connectivity index (χ4n) is 2.37. The van der Waals surface area contributed by atoms with E-state index in [2.05, 4.69) is 10.2 Å². The van der Waals surface area contributed by atoms with Crippen molar-refractivity contribution in [3.63, 3.8) is 0 Å². The van der Waals surface area contributed by atoms with E-state index < -0.39 is 17.7 Å². The van der Waals surface area contributed by atoms with Crippen molar-refractivity contribution < 1.29 is 13.9 Å². The maximum Gasteiger partial charge on any atom is 0.131 e. The lowest BCUT2D eigenvalue weighted by atomic mass is 10.0. The molecule has 1 saturated heterocycles. The Balaban J connectivity index is 1.78. The Kier molecular flexibility index (Phi) is 5.24. The van der Waals surface area contributed by atoms with Crippen LogP contribution in [-0.4, -0.2) is 42.7 Å². The predicted molar refractivity (Wildman–Crippen MR) is 69.9 cm³/mol. The first-order valence-electron chi connectivity index (χ1n) is 6.73. The molecule has 19 heavy (non-hydrogen) atoms. The third-order valence-electron chi connectivity index (χ3n) is 3.48. The van der Waals surface area contributed by atoms with Gasteiger partial charge in [0, 0.05) is 37.8 Å². The van der Waals surface area contributed by atoms with Crippen molar-refractivity contribution in [2.75, 3.05) is 32.7 Å². The van der Waals surface area contributed by atoms with Gasteiger partial charge in [-0.1, -0.05) is 6.07 Å². The average Bonchev–Trinajstić information content (AvgIpc) is 2.39. The van der Waals surface area contributed by atoms with E-state index in [9.17, 15) is 13.9 Å². The zero-order chi connectivity index (χ0) is 13.7. The number of halogens is 2. The molecule has 1 fully saturated rings. The number of benzene rings is 1. The molecule has 0 spiro atoms. The van der Waals surface area contributed by atoms with Crippen molar-refractivity contribution in [2.24, 2.45) is 0 Å². The second kappa shape index (κ2) is 6.93. The highest BCUT2D eigenvalue weighted by molar-refractivity contribution is 5.20. The number of aliphatic hydroxyl groups is 1. The molecule has 0 aliphatic carbocycles. The van der Waals surface area contributed by atoms with Crippen LogP contribution in [-0.2, 0) is 0 Å². The summed E-state index contributed by atoms with van der Waals surface area (Å²) < 4.78 is 26.2. The standard InChI is InChI=1S/C14H20F2N2O/c15-11-3-4-12(13(16)10-11)14(19)2-1-7-18-8-5-17-6-9-18/h3-4,10,14,17,19H,1-2,5-9H2. The van der Waals surface area contributed by atoms with E-state index in [1.54, 1.807) is 0 Å². The number of nitrogens with zero attached hydrogens (tertiary/aromatic N) is 1. The molecular formula is C14H20F2N2O. The van der Waals surface area contributed by atoms with Gasteiger partial charge in [0.2, 0.25) is 0 Å². The highest BCUT2D eigenvalue weighted by Crippen LogP contribution is 2.22. The Bertz CT molecular complexity index is 408. The fourth-order valence-corrected chi connectivity index (χ4v) is 2.37. The van der Waals surface area contributed by atoms with Gasteiger partial charge in [-0.15, -0.1) is 0 Å². The maximum absolute atomic E-state index is 13.5. The molecule has 1 aromatic rings. The second-order valence-electron chi connectivity index (χ2n) is 4.92. The summed E-state index contributed by atoms with van der Waals surface area (Å²) >= 11 is 0. The topological polar surface area (TPSA) is 35.5 Å². The van der Waals surface area contributed by atoms with E-state index >= 15 is 0 Å². The summed E-state index contributed by atoms with van der Waals surface area (Å²) in [6.45, 7) is 4.92. The first-order chi connectivity index (χ1) is 9.16. The molecule has 2 rings (SSSR count). The lowest BCUT2D eigenvalue weighted by Gasteiger charge is -2.27. The second-order valence-corrected chi connectivity index (χ2v) is 4.92. The number of piperazine rings is 1. The van der Waals surface area contributed by atoms with Gasteiger partial charge in [0.15, 0.2) is 0 Å². The molecule has 3 nitrogen and oxygen atoms in total. The zero-order valence-corrected chi connectivity index (χ0v) is 10.9. The molecule has 0 bridgehead atoms. The molecule has 1 aliphatic rings. The number of hydrogen-bond acceptors (Lipinski definition) is 3. The minimum atomic E-state index is -0.858. The number of nitrogens with one attached hydrogen (secondary N) is 1. The molecule has 106 valence electrons. The lowest BCUT2D eigenvalue weighted by Crippen LogP contribution is -2.43. The van der Waals surface area contributed by atoms with Gasteiger partial charge in [0.25, 0.3) is 0 Å². The average molecular weight is 270 g/mol. The summed E-state index contributed by atoms with van der Waals surface area (Å²) in [5, 5.41) is 13.2. The largest absolute Gasteiger partial charge is 0.388 e. The smallest absolute Gasteiger partial charge is 0.131 e. The van der Waals surface area contributed by atoms with Crippen LogP contribution in [0.3, 0.4) is 0 Å². The third-order valence-corrected chi connectivity index (χ3v) is 3.48. The van der Waals surface area contributed by atoms with Crippen molar-refractivity contribution in [1.29, 1.82) is 0 Å². The Morgan fingerprint density at radius 1 is 1.26 bits per heavy atom. The molecule has 1 heterocycles. The molecule has 0 amide bonds. The van der Waals surface area contributed by atoms with Crippen LogP contribution in [0.4, 0.5) is 8.78 Å². The van der Waals surface area contributed by atoms with Crippen LogP contribution < -0.4 is 5.32 Å². The van der Waals surface area contributed by atoms with Crippen LogP contribution in [0.15, 0.2) is 18.2 Å². The van der Waals surface area contributed by atoms with E-state index in [0.717, 1.165) is 45.2 Å². The number of rotatable bonds is 5. The van der Waals surface area contributed by atoms with Crippen molar-refractivity contribution in [3.8, 4) is 0 Å². The van der Waals surface area contributed by atoms with E-state index in [1.165, 1.54) is 12.1 Å². The Hall–Kier alpha value is -1.04. The van der Waals surface area contributed by atoms with Gasteiger partial charge in [-0.2, -0.15) is 0 Å². The summed E-state index contributed by atoms with van der Waals surface area (Å²) in [6.07, 6.45) is 0.438. The monoisotopic (exact) mass is 270 g/mol. The SMILES string of the molecule is OC(CCCN1CCNCC1)c1ccc(F)cc1F. The van der Waals surface area contributed by atoms with Gasteiger partial charge in [0.1, 0.15) is 11.6 Å². The Labute approximate surface area is 112 Å². The van der Waals surface area contributed by atoms with Crippen LogP contribution in [0.25, 0.3) is 0 Å². The van der Waals surface area contributed by atoms with Gasteiger partial charge in [0.05, 0.1) is 6.10 Å².